The van der Waals surface area contributed by atoms with Crippen LogP contribution in [0.1, 0.15) is 12.8 Å². The quantitative estimate of drug-likeness (QED) is 0.559. The van der Waals surface area contributed by atoms with Crippen LogP contribution in [0.5, 0.6) is 0 Å². The van der Waals surface area contributed by atoms with Crippen LogP contribution in [-0.2, 0) is 10.0 Å². The minimum Gasteiger partial charge on any atom is -0.396 e. The molecule has 0 atom stereocenters. The smallest absolute Gasteiger partial charge is 0.240 e. The Kier molecular flexibility index (Phi) is 2.76. The zero-order valence-electron chi connectivity index (χ0n) is 9.18. The van der Waals surface area contributed by atoms with E-state index in [0.717, 1.165) is 12.8 Å². The highest BCUT2D eigenvalue weighted by atomic mass is 32.2. The second-order valence-corrected chi connectivity index (χ2v) is 5.86. The van der Waals surface area contributed by atoms with E-state index in [-0.39, 0.29) is 22.7 Å². The lowest BCUT2D eigenvalue weighted by molar-refractivity contribution is 0.266. The molecule has 1 aromatic rings. The van der Waals surface area contributed by atoms with E-state index in [1.54, 1.807) is 12.1 Å². The van der Waals surface area contributed by atoms with Crippen LogP contribution in [0.25, 0.3) is 0 Å². The standard InChI is InChI=1S/C10H15N3O3S/c11-9-7(13-10(6-14)4-5-10)2-1-3-8(9)17(12,15)16/h1-3,13-14H,4-6,11H2,(H2,12,15,16). The summed E-state index contributed by atoms with van der Waals surface area (Å²) in [6.07, 6.45) is 1.67. The van der Waals surface area contributed by atoms with Crippen molar-refractivity contribution in [2.45, 2.75) is 23.3 Å². The third kappa shape index (κ3) is 2.36. The summed E-state index contributed by atoms with van der Waals surface area (Å²) in [5, 5.41) is 17.3. The molecule has 0 heterocycles. The van der Waals surface area contributed by atoms with E-state index in [1.165, 1.54) is 6.07 Å². The van der Waals surface area contributed by atoms with Crippen molar-refractivity contribution in [3.63, 3.8) is 0 Å². The van der Waals surface area contributed by atoms with Gasteiger partial charge >= 0.3 is 0 Å². The van der Waals surface area contributed by atoms with Gasteiger partial charge in [-0.25, -0.2) is 13.6 Å². The van der Waals surface area contributed by atoms with Gasteiger partial charge in [-0.15, -0.1) is 0 Å². The molecule has 0 aliphatic heterocycles. The molecule has 6 N–H and O–H groups in total. The molecule has 2 rings (SSSR count). The predicted molar refractivity (Wildman–Crippen MR) is 64.9 cm³/mol. The molecule has 0 amide bonds. The number of anilines is 2. The maximum Gasteiger partial charge on any atom is 0.240 e. The van der Waals surface area contributed by atoms with Crippen LogP contribution in [-0.4, -0.2) is 25.7 Å². The van der Waals surface area contributed by atoms with E-state index in [1.807, 2.05) is 0 Å². The number of nitrogen functional groups attached to an aromatic ring is 1. The van der Waals surface area contributed by atoms with Crippen LogP contribution in [0, 0.1) is 0 Å². The molecule has 6 nitrogen and oxygen atoms in total. The number of sulfonamides is 1. The first-order chi connectivity index (χ1) is 7.88. The summed E-state index contributed by atoms with van der Waals surface area (Å²) in [6, 6.07) is 4.58. The van der Waals surface area contributed by atoms with Crippen molar-refractivity contribution in [2.75, 3.05) is 17.7 Å². The number of aliphatic hydroxyl groups excluding tert-OH is 1. The van der Waals surface area contributed by atoms with Gasteiger partial charge in [0.2, 0.25) is 10.0 Å². The summed E-state index contributed by atoms with van der Waals surface area (Å²) in [4.78, 5) is -0.101. The van der Waals surface area contributed by atoms with Crippen LogP contribution in [0.2, 0.25) is 0 Å². The summed E-state index contributed by atoms with van der Waals surface area (Å²) in [6.45, 7) is -0.00789. The molecule has 7 heteroatoms. The van der Waals surface area contributed by atoms with Crippen LogP contribution in [0.4, 0.5) is 11.4 Å². The number of primary sulfonamides is 1. The van der Waals surface area contributed by atoms with E-state index >= 15 is 0 Å². The van der Waals surface area contributed by atoms with Crippen molar-refractivity contribution < 1.29 is 13.5 Å². The zero-order valence-corrected chi connectivity index (χ0v) is 10.00. The molecule has 17 heavy (non-hydrogen) atoms. The van der Waals surface area contributed by atoms with Crippen molar-refractivity contribution in [2.24, 2.45) is 5.14 Å². The van der Waals surface area contributed by atoms with Crippen molar-refractivity contribution in [3.05, 3.63) is 18.2 Å². The van der Waals surface area contributed by atoms with Crippen LogP contribution < -0.4 is 16.2 Å². The summed E-state index contributed by atoms with van der Waals surface area (Å²) in [7, 11) is -3.83. The molecule has 94 valence electrons. The number of nitrogens with two attached hydrogens (primary N) is 2. The average molecular weight is 257 g/mol. The van der Waals surface area contributed by atoms with E-state index in [4.69, 9.17) is 10.9 Å². The molecule has 1 fully saturated rings. The molecule has 0 aromatic heterocycles. The summed E-state index contributed by atoms with van der Waals surface area (Å²) in [5.41, 5.74) is 5.98. The van der Waals surface area contributed by atoms with Gasteiger partial charge in [0.15, 0.2) is 0 Å². The highest BCUT2D eigenvalue weighted by molar-refractivity contribution is 7.89. The second kappa shape index (κ2) is 3.86. The second-order valence-electron chi connectivity index (χ2n) is 4.33. The van der Waals surface area contributed by atoms with Gasteiger partial charge in [-0.2, -0.15) is 0 Å². The first-order valence-corrected chi connectivity index (χ1v) is 6.73. The monoisotopic (exact) mass is 257 g/mol. The van der Waals surface area contributed by atoms with Crippen molar-refractivity contribution in [1.82, 2.24) is 0 Å². The molecule has 1 saturated carbocycles. The Hall–Kier alpha value is -1.31. The van der Waals surface area contributed by atoms with Crippen LogP contribution in [0.15, 0.2) is 23.1 Å². The lowest BCUT2D eigenvalue weighted by Gasteiger charge is -2.18. The van der Waals surface area contributed by atoms with E-state index in [2.05, 4.69) is 5.32 Å². The fourth-order valence-corrected chi connectivity index (χ4v) is 2.35. The van der Waals surface area contributed by atoms with Gasteiger partial charge < -0.3 is 16.2 Å². The number of aliphatic hydroxyl groups is 1. The molecule has 0 saturated heterocycles. The van der Waals surface area contributed by atoms with Gasteiger partial charge in [0.05, 0.1) is 23.5 Å². The molecule has 0 unspecified atom stereocenters. The van der Waals surface area contributed by atoms with Crippen LogP contribution in [0.3, 0.4) is 0 Å². The number of nitrogens with one attached hydrogen (secondary N) is 1. The lowest BCUT2D eigenvalue weighted by Crippen LogP contribution is -2.26. The van der Waals surface area contributed by atoms with Crippen molar-refractivity contribution >= 4 is 21.4 Å². The maximum absolute atomic E-state index is 11.3. The highest BCUT2D eigenvalue weighted by Crippen LogP contribution is 2.40. The first-order valence-electron chi connectivity index (χ1n) is 5.18. The zero-order chi connectivity index (χ0) is 12.7. The fourth-order valence-electron chi connectivity index (χ4n) is 1.66. The van der Waals surface area contributed by atoms with Crippen molar-refractivity contribution in [1.29, 1.82) is 0 Å². The van der Waals surface area contributed by atoms with E-state index in [0.29, 0.717) is 5.69 Å². The number of benzene rings is 1. The molecule has 0 spiro atoms. The van der Waals surface area contributed by atoms with Gasteiger partial charge in [-0.1, -0.05) is 6.07 Å². The third-order valence-electron chi connectivity index (χ3n) is 2.93. The molecule has 0 bridgehead atoms. The normalized spacial score (nSPS) is 17.8. The summed E-state index contributed by atoms with van der Waals surface area (Å²) >= 11 is 0. The van der Waals surface area contributed by atoms with Gasteiger partial charge in [0.1, 0.15) is 4.90 Å². The third-order valence-corrected chi connectivity index (χ3v) is 3.90. The number of para-hydroxylation sites is 1. The van der Waals surface area contributed by atoms with E-state index < -0.39 is 10.0 Å². The van der Waals surface area contributed by atoms with Gasteiger partial charge in [0.25, 0.3) is 0 Å². The van der Waals surface area contributed by atoms with Crippen LogP contribution >= 0.6 is 0 Å². The summed E-state index contributed by atoms with van der Waals surface area (Å²) in [5.74, 6) is 0. The Morgan fingerprint density at radius 3 is 2.53 bits per heavy atom. The number of rotatable bonds is 4. The average Bonchev–Trinajstić information content (AvgIpc) is 3.00. The maximum atomic E-state index is 11.3. The Labute approximate surface area is 99.7 Å². The number of hydrogen-bond donors (Lipinski definition) is 4. The predicted octanol–water partition coefficient (Wildman–Crippen LogP) is -0.147. The minimum atomic E-state index is -3.83. The SMILES string of the molecule is Nc1c(NC2(CO)CC2)cccc1S(N)(=O)=O. The van der Waals surface area contributed by atoms with Crippen molar-refractivity contribution in [3.8, 4) is 0 Å². The molecular weight excluding hydrogens is 242 g/mol. The largest absolute Gasteiger partial charge is 0.396 e. The lowest BCUT2D eigenvalue weighted by atomic mass is 10.2. The minimum absolute atomic E-state index is 0.00789. The first kappa shape index (κ1) is 12.2. The Balaban J connectivity index is 2.37. The fraction of sp³-hybridized carbons (Fsp3) is 0.400. The molecule has 1 aliphatic rings. The number of hydrogen-bond acceptors (Lipinski definition) is 5. The Morgan fingerprint density at radius 1 is 1.41 bits per heavy atom. The van der Waals surface area contributed by atoms with Gasteiger partial charge in [-0.05, 0) is 25.0 Å². The van der Waals surface area contributed by atoms with E-state index in [9.17, 15) is 13.5 Å². The Bertz CT molecular complexity index is 538. The topological polar surface area (TPSA) is 118 Å². The molecule has 1 aliphatic carbocycles. The van der Waals surface area contributed by atoms with Gasteiger partial charge in [0, 0.05) is 0 Å². The summed E-state index contributed by atoms with van der Waals surface area (Å²) < 4.78 is 22.6. The molecule has 0 radical (unpaired) electrons. The molecular formula is C10H15N3O3S. The van der Waals surface area contributed by atoms with Gasteiger partial charge in [-0.3, -0.25) is 0 Å². The molecule has 1 aromatic carbocycles. The highest BCUT2D eigenvalue weighted by Gasteiger charge is 2.42. The Morgan fingerprint density at radius 2 is 2.06 bits per heavy atom.